The van der Waals surface area contributed by atoms with Crippen molar-refractivity contribution in [3.8, 4) is 0 Å². The summed E-state index contributed by atoms with van der Waals surface area (Å²) in [6.07, 6.45) is 8.42. The first-order valence-electron chi connectivity index (χ1n) is 11.0. The van der Waals surface area contributed by atoms with Crippen molar-refractivity contribution >= 4 is 17.6 Å². The monoisotopic (exact) mass is 439 g/mol. The van der Waals surface area contributed by atoms with Crippen LogP contribution < -0.4 is 10.2 Å². The summed E-state index contributed by atoms with van der Waals surface area (Å²) >= 11 is 0. The SMILES string of the molecule is CC(C1=CC=C(F)CC1)n1cnc(C(=O)N[C@H]2CCn3nc(C4CC4)cc3N(C)C2=O)n1. The molecule has 10 heteroatoms. The number of carbonyl (C=O) groups excluding carboxylic acids is 2. The minimum absolute atomic E-state index is 0.00318. The third-order valence-electron chi connectivity index (χ3n) is 6.46. The van der Waals surface area contributed by atoms with Crippen LogP contribution in [0.5, 0.6) is 0 Å². The number of amides is 2. The van der Waals surface area contributed by atoms with Crippen LogP contribution in [0.3, 0.4) is 0 Å². The number of fused-ring (bicyclic) bond motifs is 1. The lowest BCUT2D eigenvalue weighted by atomic mass is 9.98. The number of carbonyl (C=O) groups is 2. The molecule has 1 saturated carbocycles. The van der Waals surface area contributed by atoms with Gasteiger partial charge in [-0.2, -0.15) is 5.10 Å². The Morgan fingerprint density at radius 1 is 1.22 bits per heavy atom. The van der Waals surface area contributed by atoms with E-state index in [0.717, 1.165) is 29.9 Å². The summed E-state index contributed by atoms with van der Waals surface area (Å²) in [6.45, 7) is 2.47. The molecule has 2 aliphatic carbocycles. The molecule has 0 aromatic carbocycles. The number of nitrogens with zero attached hydrogens (tertiary/aromatic N) is 6. The topological polar surface area (TPSA) is 97.9 Å². The average Bonchev–Trinajstić information content (AvgIpc) is 3.39. The Labute approximate surface area is 185 Å². The molecule has 168 valence electrons. The predicted octanol–water partition coefficient (Wildman–Crippen LogP) is 2.65. The first kappa shape index (κ1) is 20.6. The Balaban J connectivity index is 1.26. The number of aromatic nitrogens is 5. The van der Waals surface area contributed by atoms with Crippen LogP contribution in [0.2, 0.25) is 0 Å². The number of allylic oxidation sites excluding steroid dienone is 4. The largest absolute Gasteiger partial charge is 0.337 e. The van der Waals surface area contributed by atoms with Crippen LogP contribution >= 0.6 is 0 Å². The van der Waals surface area contributed by atoms with Gasteiger partial charge in [-0.05, 0) is 44.3 Å². The van der Waals surface area contributed by atoms with Gasteiger partial charge in [0.05, 0.1) is 11.7 Å². The molecule has 0 spiro atoms. The first-order valence-corrected chi connectivity index (χ1v) is 11.0. The summed E-state index contributed by atoms with van der Waals surface area (Å²) in [5.74, 6) is 0.456. The number of hydrogen-bond donors (Lipinski definition) is 1. The van der Waals surface area contributed by atoms with Crippen molar-refractivity contribution in [1.29, 1.82) is 0 Å². The molecule has 0 bridgehead atoms. The van der Waals surface area contributed by atoms with E-state index in [9.17, 15) is 14.0 Å². The van der Waals surface area contributed by atoms with Crippen LogP contribution in [0.1, 0.15) is 67.3 Å². The van der Waals surface area contributed by atoms with Crippen molar-refractivity contribution in [1.82, 2.24) is 29.9 Å². The van der Waals surface area contributed by atoms with Gasteiger partial charge in [0.15, 0.2) is 0 Å². The number of nitrogens with one attached hydrogen (secondary N) is 1. The van der Waals surface area contributed by atoms with Crippen LogP contribution in [0.15, 0.2) is 35.9 Å². The maximum atomic E-state index is 13.3. The van der Waals surface area contributed by atoms with Gasteiger partial charge < -0.3 is 5.32 Å². The van der Waals surface area contributed by atoms with Gasteiger partial charge in [-0.25, -0.2) is 18.7 Å². The number of aryl methyl sites for hydroxylation is 1. The normalized spacial score (nSPS) is 22.0. The van der Waals surface area contributed by atoms with E-state index in [1.165, 1.54) is 12.4 Å². The summed E-state index contributed by atoms with van der Waals surface area (Å²) < 4.78 is 16.7. The third-order valence-corrected chi connectivity index (χ3v) is 6.46. The molecule has 2 aromatic rings. The summed E-state index contributed by atoms with van der Waals surface area (Å²) in [6, 6.07) is 1.15. The molecule has 1 N–H and O–H groups in total. The van der Waals surface area contributed by atoms with E-state index in [2.05, 4.69) is 20.5 Å². The Morgan fingerprint density at radius 2 is 2.03 bits per heavy atom. The fourth-order valence-electron chi connectivity index (χ4n) is 4.23. The highest BCUT2D eigenvalue weighted by molar-refractivity contribution is 6.00. The van der Waals surface area contributed by atoms with Crippen molar-refractivity contribution in [2.24, 2.45) is 0 Å². The highest BCUT2D eigenvalue weighted by Gasteiger charge is 2.34. The zero-order chi connectivity index (χ0) is 22.4. The Bertz CT molecular complexity index is 1130. The maximum absolute atomic E-state index is 13.3. The molecule has 1 unspecified atom stereocenters. The number of halogens is 1. The van der Waals surface area contributed by atoms with Crippen molar-refractivity contribution < 1.29 is 14.0 Å². The number of rotatable bonds is 5. The van der Waals surface area contributed by atoms with Gasteiger partial charge in [0.25, 0.3) is 11.8 Å². The summed E-state index contributed by atoms with van der Waals surface area (Å²) in [4.78, 5) is 31.5. The molecule has 1 fully saturated rings. The zero-order valence-corrected chi connectivity index (χ0v) is 18.2. The molecule has 0 radical (unpaired) electrons. The summed E-state index contributed by atoms with van der Waals surface area (Å²) in [7, 11) is 1.71. The standard InChI is InChI=1S/C22H26FN7O2/c1-13(14-5-7-16(23)8-6-14)30-12-24-20(27-30)21(31)25-17-9-10-29-19(28(2)22(17)32)11-18(26-29)15-3-4-15/h5,7,11-13,15,17H,3-4,6,8-10H2,1-2H3,(H,25,31)/t13?,17-/m0/s1. The second-order valence-corrected chi connectivity index (χ2v) is 8.72. The molecular weight excluding hydrogens is 413 g/mol. The van der Waals surface area contributed by atoms with E-state index < -0.39 is 11.9 Å². The van der Waals surface area contributed by atoms with E-state index in [1.807, 2.05) is 17.7 Å². The van der Waals surface area contributed by atoms with Gasteiger partial charge in [0.1, 0.15) is 24.0 Å². The van der Waals surface area contributed by atoms with Gasteiger partial charge in [0.2, 0.25) is 5.82 Å². The lowest BCUT2D eigenvalue weighted by Crippen LogP contribution is -2.47. The molecule has 1 aliphatic heterocycles. The highest BCUT2D eigenvalue weighted by Crippen LogP contribution is 2.40. The molecule has 2 atom stereocenters. The van der Waals surface area contributed by atoms with E-state index in [0.29, 0.717) is 31.7 Å². The molecule has 3 heterocycles. The van der Waals surface area contributed by atoms with E-state index in [-0.39, 0.29) is 23.6 Å². The fraction of sp³-hybridized carbons (Fsp3) is 0.500. The van der Waals surface area contributed by atoms with Gasteiger partial charge >= 0.3 is 0 Å². The van der Waals surface area contributed by atoms with Crippen molar-refractivity contribution in [2.75, 3.05) is 11.9 Å². The zero-order valence-electron chi connectivity index (χ0n) is 18.2. The van der Waals surface area contributed by atoms with Crippen molar-refractivity contribution in [3.63, 3.8) is 0 Å². The van der Waals surface area contributed by atoms with Gasteiger partial charge in [-0.3, -0.25) is 14.5 Å². The molecule has 2 aromatic heterocycles. The van der Waals surface area contributed by atoms with E-state index >= 15 is 0 Å². The number of hydrogen-bond acceptors (Lipinski definition) is 5. The first-order chi connectivity index (χ1) is 15.4. The second-order valence-electron chi connectivity index (χ2n) is 8.72. The Hall–Kier alpha value is -3.30. The second kappa shape index (κ2) is 7.99. The lowest BCUT2D eigenvalue weighted by Gasteiger charge is -2.20. The minimum Gasteiger partial charge on any atom is -0.337 e. The van der Waals surface area contributed by atoms with Crippen molar-refractivity contribution in [2.45, 2.75) is 63.6 Å². The molecule has 5 rings (SSSR count). The third kappa shape index (κ3) is 3.85. The molecule has 0 saturated heterocycles. The van der Waals surface area contributed by atoms with Crippen molar-refractivity contribution in [3.05, 3.63) is 47.5 Å². The molecule has 3 aliphatic rings. The van der Waals surface area contributed by atoms with Gasteiger partial charge in [-0.1, -0.05) is 6.08 Å². The van der Waals surface area contributed by atoms with Crippen LogP contribution in [0, 0.1) is 0 Å². The molecule has 2 amide bonds. The van der Waals surface area contributed by atoms with Crippen LogP contribution in [-0.4, -0.2) is 49.4 Å². The maximum Gasteiger partial charge on any atom is 0.291 e. The van der Waals surface area contributed by atoms with Crippen LogP contribution in [0.4, 0.5) is 10.2 Å². The Morgan fingerprint density at radius 3 is 2.75 bits per heavy atom. The Kier molecular flexibility index (Phi) is 5.15. The summed E-state index contributed by atoms with van der Waals surface area (Å²) in [5.41, 5.74) is 2.06. The number of anilines is 1. The molecule has 32 heavy (non-hydrogen) atoms. The van der Waals surface area contributed by atoms with E-state index in [4.69, 9.17) is 0 Å². The predicted molar refractivity (Wildman–Crippen MR) is 115 cm³/mol. The van der Waals surface area contributed by atoms with Crippen LogP contribution in [-0.2, 0) is 11.3 Å². The average molecular weight is 439 g/mol. The van der Waals surface area contributed by atoms with Crippen LogP contribution in [0.25, 0.3) is 0 Å². The molecule has 9 nitrogen and oxygen atoms in total. The fourth-order valence-corrected chi connectivity index (χ4v) is 4.23. The smallest absolute Gasteiger partial charge is 0.291 e. The summed E-state index contributed by atoms with van der Waals surface area (Å²) in [5, 5.41) is 11.7. The quantitative estimate of drug-likeness (QED) is 0.772. The molecular formula is C22H26FN7O2. The lowest BCUT2D eigenvalue weighted by molar-refractivity contribution is -0.120. The van der Waals surface area contributed by atoms with E-state index in [1.54, 1.807) is 22.7 Å². The van der Waals surface area contributed by atoms with Gasteiger partial charge in [0, 0.05) is 32.0 Å². The minimum atomic E-state index is -0.683. The number of likely N-dealkylation sites (N-methyl/N-ethyl adjacent to an activating group) is 1. The van der Waals surface area contributed by atoms with Gasteiger partial charge in [-0.15, -0.1) is 5.10 Å². The highest BCUT2D eigenvalue weighted by atomic mass is 19.1.